The quantitative estimate of drug-likeness (QED) is 0.813. The Morgan fingerprint density at radius 1 is 1.09 bits per heavy atom. The molecular formula is C16H21NO5S. The van der Waals surface area contributed by atoms with E-state index in [1.165, 1.54) is 14.2 Å². The van der Waals surface area contributed by atoms with Crippen LogP contribution < -0.4 is 9.47 Å². The Hall–Kier alpha value is -1.76. The highest BCUT2D eigenvalue weighted by Crippen LogP contribution is 2.37. The van der Waals surface area contributed by atoms with Gasteiger partial charge in [0.05, 0.1) is 25.7 Å². The normalized spacial score (nSPS) is 22.6. The lowest BCUT2D eigenvalue weighted by molar-refractivity contribution is 0.0674. The molecule has 126 valence electrons. The second-order valence-electron chi connectivity index (χ2n) is 6.04. The molecule has 1 aromatic rings. The van der Waals surface area contributed by atoms with E-state index >= 15 is 0 Å². The van der Waals surface area contributed by atoms with Gasteiger partial charge in [-0.05, 0) is 31.4 Å². The number of amides is 1. The van der Waals surface area contributed by atoms with Crippen molar-refractivity contribution in [2.45, 2.75) is 31.3 Å². The molecule has 1 unspecified atom stereocenters. The smallest absolute Gasteiger partial charge is 0.261 e. The number of benzene rings is 1. The van der Waals surface area contributed by atoms with Crippen molar-refractivity contribution in [2.24, 2.45) is 0 Å². The van der Waals surface area contributed by atoms with E-state index in [1.807, 2.05) is 0 Å². The zero-order valence-corrected chi connectivity index (χ0v) is 14.1. The third kappa shape index (κ3) is 3.15. The third-order valence-corrected chi connectivity index (χ3v) is 6.17. The van der Waals surface area contributed by atoms with Crippen molar-refractivity contribution in [3.63, 3.8) is 0 Å². The molecule has 1 atom stereocenters. The highest BCUT2D eigenvalue weighted by molar-refractivity contribution is 7.91. The summed E-state index contributed by atoms with van der Waals surface area (Å²) in [7, 11) is -0.0357. The van der Waals surface area contributed by atoms with Crippen molar-refractivity contribution in [1.29, 1.82) is 0 Å². The van der Waals surface area contributed by atoms with Crippen LogP contribution in [0.25, 0.3) is 0 Å². The second-order valence-corrected chi connectivity index (χ2v) is 8.27. The molecule has 3 rings (SSSR count). The van der Waals surface area contributed by atoms with Crippen LogP contribution in [0.1, 0.15) is 29.6 Å². The minimum absolute atomic E-state index is 0.0483. The molecule has 0 spiro atoms. The van der Waals surface area contributed by atoms with Crippen LogP contribution in [0.15, 0.2) is 18.2 Å². The Bertz CT molecular complexity index is 689. The van der Waals surface area contributed by atoms with E-state index in [4.69, 9.17) is 9.47 Å². The molecule has 7 heteroatoms. The number of methoxy groups -OCH3 is 2. The molecule has 1 aliphatic carbocycles. The third-order valence-electron chi connectivity index (χ3n) is 4.42. The average Bonchev–Trinajstić information content (AvgIpc) is 3.30. The molecule has 1 heterocycles. The topological polar surface area (TPSA) is 72.9 Å². The van der Waals surface area contributed by atoms with Gasteiger partial charge in [-0.15, -0.1) is 0 Å². The fraction of sp³-hybridized carbons (Fsp3) is 0.562. The molecule has 1 saturated carbocycles. The van der Waals surface area contributed by atoms with E-state index in [9.17, 15) is 13.2 Å². The molecule has 0 radical (unpaired) electrons. The summed E-state index contributed by atoms with van der Waals surface area (Å²) in [5.74, 6) is 0.884. The molecule has 1 aliphatic heterocycles. The summed E-state index contributed by atoms with van der Waals surface area (Å²) in [5, 5.41) is 0. The van der Waals surface area contributed by atoms with Crippen molar-refractivity contribution in [1.82, 2.24) is 4.90 Å². The van der Waals surface area contributed by atoms with Crippen LogP contribution in [0, 0.1) is 0 Å². The summed E-state index contributed by atoms with van der Waals surface area (Å²) in [6, 6.07) is 5.05. The maximum Gasteiger partial charge on any atom is 0.261 e. The van der Waals surface area contributed by atoms with Gasteiger partial charge >= 0.3 is 0 Å². The van der Waals surface area contributed by atoms with Gasteiger partial charge in [-0.1, -0.05) is 6.07 Å². The van der Waals surface area contributed by atoms with Crippen molar-refractivity contribution < 1.29 is 22.7 Å². The first-order valence-corrected chi connectivity index (χ1v) is 9.53. The van der Waals surface area contributed by atoms with Gasteiger partial charge < -0.3 is 14.4 Å². The van der Waals surface area contributed by atoms with Crippen molar-refractivity contribution in [2.75, 3.05) is 25.7 Å². The molecule has 2 fully saturated rings. The lowest BCUT2D eigenvalue weighted by Gasteiger charge is -2.29. The zero-order chi connectivity index (χ0) is 16.6. The van der Waals surface area contributed by atoms with E-state index in [2.05, 4.69) is 0 Å². The van der Waals surface area contributed by atoms with Gasteiger partial charge in [-0.25, -0.2) is 8.42 Å². The largest absolute Gasteiger partial charge is 0.496 e. The monoisotopic (exact) mass is 339 g/mol. The fourth-order valence-corrected chi connectivity index (χ4v) is 4.88. The SMILES string of the molecule is COc1cccc(OC)c1C(=O)N(C1CC1)C1CCS(=O)(=O)C1. The molecule has 23 heavy (non-hydrogen) atoms. The van der Waals surface area contributed by atoms with E-state index in [1.54, 1.807) is 23.1 Å². The molecule has 6 nitrogen and oxygen atoms in total. The average molecular weight is 339 g/mol. The molecular weight excluding hydrogens is 318 g/mol. The first kappa shape index (κ1) is 16.1. The number of carbonyl (C=O) groups excluding carboxylic acids is 1. The molecule has 1 aromatic carbocycles. The van der Waals surface area contributed by atoms with E-state index in [0.717, 1.165) is 12.8 Å². The van der Waals surface area contributed by atoms with Crippen LogP contribution in [0.4, 0.5) is 0 Å². The summed E-state index contributed by atoms with van der Waals surface area (Å²) < 4.78 is 34.2. The first-order chi connectivity index (χ1) is 11.0. The number of ether oxygens (including phenoxy) is 2. The number of carbonyl (C=O) groups is 1. The predicted octanol–water partition coefficient (Wildman–Crippen LogP) is 1.50. The summed E-state index contributed by atoms with van der Waals surface area (Å²) >= 11 is 0. The molecule has 0 bridgehead atoms. The second kappa shape index (κ2) is 6.03. The number of hydrogen-bond acceptors (Lipinski definition) is 5. The zero-order valence-electron chi connectivity index (χ0n) is 13.3. The molecule has 1 amide bonds. The standard InChI is InChI=1S/C16H21NO5S/c1-21-13-4-3-5-14(22-2)15(13)16(18)17(11-6-7-11)12-8-9-23(19,20)10-12/h3-5,11-12H,6-10H2,1-2H3. The van der Waals surface area contributed by atoms with Crippen molar-refractivity contribution in [3.05, 3.63) is 23.8 Å². The molecule has 2 aliphatic rings. The van der Waals surface area contributed by atoms with Crippen LogP contribution in [0.3, 0.4) is 0 Å². The van der Waals surface area contributed by atoms with Gasteiger partial charge in [0.2, 0.25) is 0 Å². The number of nitrogens with zero attached hydrogens (tertiary/aromatic N) is 1. The maximum absolute atomic E-state index is 13.2. The minimum atomic E-state index is -3.05. The van der Waals surface area contributed by atoms with Crippen LogP contribution in [0.2, 0.25) is 0 Å². The van der Waals surface area contributed by atoms with Crippen LogP contribution in [0.5, 0.6) is 11.5 Å². The minimum Gasteiger partial charge on any atom is -0.496 e. The van der Waals surface area contributed by atoms with Gasteiger partial charge in [0.1, 0.15) is 17.1 Å². The van der Waals surface area contributed by atoms with Gasteiger partial charge in [0.15, 0.2) is 9.84 Å². The fourth-order valence-electron chi connectivity index (χ4n) is 3.17. The van der Waals surface area contributed by atoms with Crippen LogP contribution in [-0.2, 0) is 9.84 Å². The Morgan fingerprint density at radius 3 is 2.13 bits per heavy atom. The summed E-state index contributed by atoms with van der Waals surface area (Å²) in [5.41, 5.74) is 0.369. The van der Waals surface area contributed by atoms with E-state index in [-0.39, 0.29) is 29.5 Å². The van der Waals surface area contributed by atoms with E-state index < -0.39 is 9.84 Å². The summed E-state index contributed by atoms with van der Waals surface area (Å²) in [4.78, 5) is 14.9. The Balaban J connectivity index is 1.97. The van der Waals surface area contributed by atoms with Crippen molar-refractivity contribution >= 4 is 15.7 Å². The maximum atomic E-state index is 13.2. The summed E-state index contributed by atoms with van der Waals surface area (Å²) in [6.07, 6.45) is 2.33. The number of rotatable bonds is 5. The van der Waals surface area contributed by atoms with Gasteiger partial charge in [-0.3, -0.25) is 4.79 Å². The molecule has 0 N–H and O–H groups in total. The van der Waals surface area contributed by atoms with Gasteiger partial charge in [0, 0.05) is 12.1 Å². The van der Waals surface area contributed by atoms with Gasteiger partial charge in [0.25, 0.3) is 5.91 Å². The Morgan fingerprint density at radius 2 is 1.70 bits per heavy atom. The molecule has 0 aromatic heterocycles. The summed E-state index contributed by atoms with van der Waals surface area (Å²) in [6.45, 7) is 0. The highest BCUT2D eigenvalue weighted by Gasteiger charge is 2.43. The highest BCUT2D eigenvalue weighted by atomic mass is 32.2. The molecule has 1 saturated heterocycles. The lowest BCUT2D eigenvalue weighted by atomic mass is 10.1. The lowest BCUT2D eigenvalue weighted by Crippen LogP contribution is -2.43. The van der Waals surface area contributed by atoms with Crippen LogP contribution in [-0.4, -0.2) is 57.0 Å². The van der Waals surface area contributed by atoms with E-state index in [0.29, 0.717) is 23.5 Å². The Kier molecular flexibility index (Phi) is 4.23. The number of sulfone groups is 1. The van der Waals surface area contributed by atoms with Crippen molar-refractivity contribution in [3.8, 4) is 11.5 Å². The predicted molar refractivity (Wildman–Crippen MR) is 85.8 cm³/mol. The number of hydrogen-bond donors (Lipinski definition) is 0. The first-order valence-electron chi connectivity index (χ1n) is 7.71. The van der Waals surface area contributed by atoms with Gasteiger partial charge in [-0.2, -0.15) is 0 Å². The Labute approximate surface area is 136 Å². The van der Waals surface area contributed by atoms with Crippen LogP contribution >= 0.6 is 0 Å².